The van der Waals surface area contributed by atoms with Gasteiger partial charge in [-0.05, 0) is 19.1 Å². The van der Waals surface area contributed by atoms with Gasteiger partial charge in [0, 0.05) is 18.2 Å². The minimum atomic E-state index is -5.14. The lowest BCUT2D eigenvalue weighted by Gasteiger charge is -2.28. The highest BCUT2D eigenvalue weighted by atomic mass is 19.4. The third-order valence-electron chi connectivity index (χ3n) is 2.87. The lowest BCUT2D eigenvalue weighted by molar-refractivity contribution is -0.385. The molecule has 0 saturated carbocycles. The number of carboxylic acids is 1. The Balaban J connectivity index is 3.10. The van der Waals surface area contributed by atoms with Crippen LogP contribution < -0.4 is 5.32 Å². The number of rotatable bonds is 5. The zero-order valence-corrected chi connectivity index (χ0v) is 10.6. The maximum absolute atomic E-state index is 13.0. The molecule has 21 heavy (non-hydrogen) atoms. The zero-order chi connectivity index (χ0) is 16.4. The first-order valence-electron chi connectivity index (χ1n) is 5.47. The second-order valence-corrected chi connectivity index (χ2v) is 4.31. The van der Waals surface area contributed by atoms with Gasteiger partial charge in [-0.2, -0.15) is 13.2 Å². The Morgan fingerprint density at radius 1 is 1.43 bits per heavy atom. The van der Waals surface area contributed by atoms with E-state index < -0.39 is 46.2 Å². The van der Waals surface area contributed by atoms with Gasteiger partial charge in [0.1, 0.15) is 5.82 Å². The zero-order valence-electron chi connectivity index (χ0n) is 10.6. The van der Waals surface area contributed by atoms with E-state index in [2.05, 4.69) is 0 Å². The molecular formula is C11H10F4N2O4. The van der Waals surface area contributed by atoms with Crippen molar-refractivity contribution >= 4 is 11.7 Å². The SMILES string of the molecule is CC(NCc1cc(F)ccc1[N+](=O)[O-])(C(=O)O)C(F)(F)F. The highest BCUT2D eigenvalue weighted by molar-refractivity contribution is 5.79. The Labute approximate surface area is 115 Å². The van der Waals surface area contributed by atoms with Crippen LogP contribution in [0.2, 0.25) is 0 Å². The van der Waals surface area contributed by atoms with Crippen molar-refractivity contribution in [3.63, 3.8) is 0 Å². The van der Waals surface area contributed by atoms with E-state index >= 15 is 0 Å². The van der Waals surface area contributed by atoms with Gasteiger partial charge in [0.2, 0.25) is 5.54 Å². The molecule has 1 atom stereocenters. The topological polar surface area (TPSA) is 92.5 Å². The van der Waals surface area contributed by atoms with Crippen LogP contribution in [0.3, 0.4) is 0 Å². The van der Waals surface area contributed by atoms with E-state index in [1.54, 1.807) is 5.32 Å². The van der Waals surface area contributed by atoms with Gasteiger partial charge in [-0.3, -0.25) is 15.4 Å². The number of carboxylic acid groups (broad SMARTS) is 1. The standard InChI is InChI=1S/C11H10F4N2O4/c1-10(9(18)19,11(13,14)15)16-5-6-4-7(12)2-3-8(6)17(20)21/h2-4,16H,5H2,1H3,(H,18,19). The second-order valence-electron chi connectivity index (χ2n) is 4.31. The number of alkyl halides is 3. The smallest absolute Gasteiger partial charge is 0.417 e. The molecule has 0 aliphatic rings. The second kappa shape index (κ2) is 5.64. The molecule has 1 rings (SSSR count). The summed E-state index contributed by atoms with van der Waals surface area (Å²) in [6, 6.07) is 2.24. The summed E-state index contributed by atoms with van der Waals surface area (Å²) in [5, 5.41) is 21.1. The molecule has 0 saturated heterocycles. The van der Waals surface area contributed by atoms with E-state index in [0.717, 1.165) is 12.1 Å². The third kappa shape index (κ3) is 3.45. The van der Waals surface area contributed by atoms with Crippen molar-refractivity contribution in [2.45, 2.75) is 25.2 Å². The molecule has 0 spiro atoms. The van der Waals surface area contributed by atoms with Gasteiger partial charge in [0.05, 0.1) is 4.92 Å². The summed E-state index contributed by atoms with van der Waals surface area (Å²) in [5.41, 5.74) is -4.32. The predicted molar refractivity (Wildman–Crippen MR) is 62.0 cm³/mol. The lowest BCUT2D eigenvalue weighted by Crippen LogP contribution is -2.59. The number of nitrogens with one attached hydrogen (secondary N) is 1. The van der Waals surface area contributed by atoms with Gasteiger partial charge in [-0.25, -0.2) is 9.18 Å². The van der Waals surface area contributed by atoms with Crippen LogP contribution in [0.1, 0.15) is 12.5 Å². The number of carbonyl (C=O) groups is 1. The molecule has 1 unspecified atom stereocenters. The summed E-state index contributed by atoms with van der Waals surface area (Å²) in [6.07, 6.45) is -5.14. The molecule has 0 heterocycles. The summed E-state index contributed by atoms with van der Waals surface area (Å²) in [4.78, 5) is 20.6. The molecule has 0 radical (unpaired) electrons. The molecule has 1 aromatic rings. The van der Waals surface area contributed by atoms with Crippen molar-refractivity contribution in [2.75, 3.05) is 0 Å². The van der Waals surface area contributed by atoms with Crippen LogP contribution in [0.4, 0.5) is 23.2 Å². The Bertz CT molecular complexity index is 576. The van der Waals surface area contributed by atoms with Crippen molar-refractivity contribution in [3.05, 3.63) is 39.7 Å². The summed E-state index contributed by atoms with van der Waals surface area (Å²) in [7, 11) is 0. The van der Waals surface area contributed by atoms with Gasteiger partial charge in [-0.1, -0.05) is 0 Å². The molecule has 0 aliphatic heterocycles. The number of nitrogens with zero attached hydrogens (tertiary/aromatic N) is 1. The van der Waals surface area contributed by atoms with E-state index in [4.69, 9.17) is 5.11 Å². The van der Waals surface area contributed by atoms with Crippen LogP contribution in [0, 0.1) is 15.9 Å². The Kier molecular flexibility index (Phi) is 4.52. The Hall–Kier alpha value is -2.23. The largest absolute Gasteiger partial charge is 0.480 e. The Morgan fingerprint density at radius 2 is 2.00 bits per heavy atom. The number of nitro benzene ring substituents is 1. The first-order valence-corrected chi connectivity index (χ1v) is 5.47. The van der Waals surface area contributed by atoms with Crippen LogP contribution in [0.25, 0.3) is 0 Å². The molecule has 2 N–H and O–H groups in total. The van der Waals surface area contributed by atoms with Gasteiger partial charge >= 0.3 is 12.1 Å². The van der Waals surface area contributed by atoms with E-state index in [1.165, 1.54) is 0 Å². The van der Waals surface area contributed by atoms with Gasteiger partial charge in [0.25, 0.3) is 5.69 Å². The third-order valence-corrected chi connectivity index (χ3v) is 2.87. The summed E-state index contributed by atoms with van der Waals surface area (Å²) in [6.45, 7) is -0.461. The fraction of sp³-hybridized carbons (Fsp3) is 0.364. The molecule has 0 amide bonds. The highest BCUT2D eigenvalue weighted by Crippen LogP contribution is 2.31. The maximum atomic E-state index is 13.0. The number of nitro groups is 1. The normalized spacial score (nSPS) is 14.5. The summed E-state index contributed by atoms with van der Waals surface area (Å²) < 4.78 is 51.3. The van der Waals surface area contributed by atoms with Gasteiger partial charge in [0.15, 0.2) is 0 Å². The molecule has 0 aromatic heterocycles. The molecule has 10 heteroatoms. The van der Waals surface area contributed by atoms with Crippen molar-refractivity contribution < 1.29 is 32.4 Å². The van der Waals surface area contributed by atoms with E-state index in [9.17, 15) is 32.5 Å². The first kappa shape index (κ1) is 16.8. The Morgan fingerprint density at radius 3 is 2.43 bits per heavy atom. The molecule has 116 valence electrons. The van der Waals surface area contributed by atoms with Crippen molar-refractivity contribution in [2.24, 2.45) is 0 Å². The fourth-order valence-electron chi connectivity index (χ4n) is 1.44. The average Bonchev–Trinajstić information content (AvgIpc) is 2.33. The van der Waals surface area contributed by atoms with Gasteiger partial charge in [-0.15, -0.1) is 0 Å². The number of aliphatic carboxylic acids is 1. The quantitative estimate of drug-likeness (QED) is 0.494. The molecule has 1 aromatic carbocycles. The molecule has 0 bridgehead atoms. The minimum Gasteiger partial charge on any atom is -0.480 e. The van der Waals surface area contributed by atoms with Crippen molar-refractivity contribution in [1.29, 1.82) is 0 Å². The lowest BCUT2D eigenvalue weighted by atomic mass is 10.0. The number of halogens is 4. The van der Waals surface area contributed by atoms with E-state index in [0.29, 0.717) is 13.0 Å². The van der Waals surface area contributed by atoms with Crippen molar-refractivity contribution in [1.82, 2.24) is 5.32 Å². The van der Waals surface area contributed by atoms with E-state index in [-0.39, 0.29) is 0 Å². The van der Waals surface area contributed by atoms with E-state index in [1.807, 2.05) is 0 Å². The monoisotopic (exact) mass is 310 g/mol. The fourth-order valence-corrected chi connectivity index (χ4v) is 1.44. The van der Waals surface area contributed by atoms with Crippen LogP contribution in [0.5, 0.6) is 0 Å². The maximum Gasteiger partial charge on any atom is 0.417 e. The highest BCUT2D eigenvalue weighted by Gasteiger charge is 2.57. The van der Waals surface area contributed by atoms with Gasteiger partial charge < -0.3 is 5.11 Å². The predicted octanol–water partition coefficient (Wildman–Crippen LogP) is 2.23. The van der Waals surface area contributed by atoms with Crippen molar-refractivity contribution in [3.8, 4) is 0 Å². The molecular weight excluding hydrogens is 300 g/mol. The van der Waals surface area contributed by atoms with Crippen LogP contribution in [-0.2, 0) is 11.3 Å². The van der Waals surface area contributed by atoms with Crippen LogP contribution in [-0.4, -0.2) is 27.7 Å². The van der Waals surface area contributed by atoms with Crippen LogP contribution >= 0.6 is 0 Å². The van der Waals surface area contributed by atoms with Crippen LogP contribution in [0.15, 0.2) is 18.2 Å². The summed E-state index contributed by atoms with van der Waals surface area (Å²) >= 11 is 0. The number of benzene rings is 1. The number of hydrogen-bond donors (Lipinski definition) is 2. The molecule has 6 nitrogen and oxygen atoms in total. The molecule has 0 aliphatic carbocycles. The first-order chi connectivity index (χ1) is 9.49. The average molecular weight is 310 g/mol. The number of hydrogen-bond acceptors (Lipinski definition) is 4. The minimum absolute atomic E-state index is 0.375. The molecule has 0 fully saturated rings. The summed E-state index contributed by atoms with van der Waals surface area (Å²) in [5.74, 6) is -3.09.